The van der Waals surface area contributed by atoms with Crippen molar-refractivity contribution in [2.45, 2.75) is 44.6 Å². The molecule has 0 unspecified atom stereocenters. The van der Waals surface area contributed by atoms with Crippen molar-refractivity contribution < 1.29 is 14.3 Å². The number of esters is 1. The molecule has 3 aromatic rings. The van der Waals surface area contributed by atoms with E-state index in [-0.39, 0.29) is 17.0 Å². The second-order valence-corrected chi connectivity index (χ2v) is 9.74. The predicted molar refractivity (Wildman–Crippen MR) is 130 cm³/mol. The number of nitrogens with one attached hydrogen (secondary N) is 2. The molecule has 0 atom stereocenters. The van der Waals surface area contributed by atoms with Crippen molar-refractivity contribution in [1.29, 1.82) is 0 Å². The Morgan fingerprint density at radius 1 is 1.12 bits per heavy atom. The highest BCUT2D eigenvalue weighted by Gasteiger charge is 2.18. The first-order chi connectivity index (χ1) is 15.8. The van der Waals surface area contributed by atoms with Gasteiger partial charge in [-0.15, -0.1) is 0 Å². The fourth-order valence-electron chi connectivity index (χ4n) is 3.14. The molecule has 176 valence electrons. The van der Waals surface area contributed by atoms with Crippen LogP contribution in [0.3, 0.4) is 0 Å². The molecule has 0 bridgehead atoms. The molecule has 1 aromatic carbocycles. The molecule has 0 aliphatic carbocycles. The number of carbonyl (C=O) groups is 2. The summed E-state index contributed by atoms with van der Waals surface area (Å²) in [6.45, 7) is 9.99. The lowest BCUT2D eigenvalue weighted by Crippen LogP contribution is -2.29. The van der Waals surface area contributed by atoms with E-state index in [0.717, 1.165) is 17.7 Å². The van der Waals surface area contributed by atoms with E-state index >= 15 is 0 Å². The Labute approximate surface area is 197 Å². The number of carbonyl (C=O) groups excluding carboxylic acids is 2. The highest BCUT2D eigenvalue weighted by molar-refractivity contribution is 7.99. The van der Waals surface area contributed by atoms with Crippen molar-refractivity contribution in [1.82, 2.24) is 25.1 Å². The number of ether oxygens (including phenoxy) is 1. The summed E-state index contributed by atoms with van der Waals surface area (Å²) < 4.78 is 6.53. The molecule has 0 fully saturated rings. The smallest absolute Gasteiger partial charge is 0.338 e. The number of amides is 1. The number of aromatic nitrogens is 4. The van der Waals surface area contributed by atoms with Gasteiger partial charge >= 0.3 is 5.97 Å². The Morgan fingerprint density at radius 2 is 1.85 bits per heavy atom. The minimum absolute atomic E-state index is 0.228. The lowest BCUT2D eigenvalue weighted by molar-refractivity contribution is 0.0596. The van der Waals surface area contributed by atoms with E-state index in [0.29, 0.717) is 35.1 Å². The minimum Gasteiger partial charge on any atom is -0.465 e. The van der Waals surface area contributed by atoms with Gasteiger partial charge in [-0.2, -0.15) is 5.10 Å². The first-order valence-corrected chi connectivity index (χ1v) is 11.8. The number of thioether (sulfide) groups is 1. The molecule has 0 aliphatic rings. The number of hydrogen-bond donors (Lipinski definition) is 2. The third-order valence-electron chi connectivity index (χ3n) is 4.68. The maximum atomic E-state index is 12.7. The quantitative estimate of drug-likeness (QED) is 0.263. The maximum Gasteiger partial charge on any atom is 0.338 e. The van der Waals surface area contributed by atoms with Crippen LogP contribution in [-0.2, 0) is 11.3 Å². The Balaban J connectivity index is 1.77. The second-order valence-electron chi connectivity index (χ2n) is 8.19. The van der Waals surface area contributed by atoms with Crippen LogP contribution in [0.2, 0.25) is 0 Å². The fraction of sp³-hybridized carbons (Fsp3) is 0.435. The van der Waals surface area contributed by atoms with Crippen LogP contribution < -0.4 is 10.6 Å². The number of rotatable bonds is 10. The van der Waals surface area contributed by atoms with E-state index in [4.69, 9.17) is 9.72 Å². The summed E-state index contributed by atoms with van der Waals surface area (Å²) >= 11 is 1.59. The van der Waals surface area contributed by atoms with Crippen molar-refractivity contribution in [3.8, 4) is 0 Å². The average Bonchev–Trinajstić information content (AvgIpc) is 3.19. The van der Waals surface area contributed by atoms with E-state index < -0.39 is 5.97 Å². The zero-order valence-electron chi connectivity index (χ0n) is 19.6. The first kappa shape index (κ1) is 24.5. The number of fused-ring (bicyclic) bond motifs is 1. The van der Waals surface area contributed by atoms with Gasteiger partial charge in [0.05, 0.1) is 36.4 Å². The van der Waals surface area contributed by atoms with Crippen molar-refractivity contribution in [2.24, 2.45) is 5.92 Å². The van der Waals surface area contributed by atoms with E-state index in [1.165, 1.54) is 7.11 Å². The Morgan fingerprint density at radius 3 is 2.52 bits per heavy atom. The fourth-order valence-corrected chi connectivity index (χ4v) is 3.84. The molecule has 1 amide bonds. The molecule has 0 saturated heterocycles. The minimum atomic E-state index is -0.549. The summed E-state index contributed by atoms with van der Waals surface area (Å²) in [5.74, 6) is 0.332. The maximum absolute atomic E-state index is 12.7. The average molecular weight is 471 g/mol. The highest BCUT2D eigenvalue weighted by atomic mass is 32.2. The Bertz CT molecular complexity index is 1130. The molecule has 3 rings (SSSR count). The third-order valence-corrected chi connectivity index (χ3v) is 5.55. The summed E-state index contributed by atoms with van der Waals surface area (Å²) in [7, 11) is 1.29. The summed E-state index contributed by atoms with van der Waals surface area (Å²) in [6.07, 6.45) is 1.75. The van der Waals surface area contributed by atoms with Gasteiger partial charge in [-0.05, 0) is 18.1 Å². The van der Waals surface area contributed by atoms with Crippen LogP contribution in [0.5, 0.6) is 0 Å². The standard InChI is InChI=1S/C23H30N6O3S/c1-14(2)12-25-19-18-13-26-29(20(18)28-23(27-19)33-15(3)4)11-10-24-21(30)16-8-6-7-9-17(16)22(31)32-5/h6-9,13-15H,10-12H2,1-5H3,(H,24,30)(H,25,27,28). The number of anilines is 1. The van der Waals surface area contributed by atoms with E-state index in [2.05, 4.69) is 48.4 Å². The summed E-state index contributed by atoms with van der Waals surface area (Å²) in [5, 5.41) is 12.6. The zero-order valence-corrected chi connectivity index (χ0v) is 20.4. The van der Waals surface area contributed by atoms with Crippen molar-refractivity contribution in [3.05, 3.63) is 41.6 Å². The highest BCUT2D eigenvalue weighted by Crippen LogP contribution is 2.26. The summed E-state index contributed by atoms with van der Waals surface area (Å²) in [5.41, 5.74) is 1.21. The molecule has 2 N–H and O–H groups in total. The number of methoxy groups -OCH3 is 1. The molecular formula is C23H30N6O3S. The predicted octanol–water partition coefficient (Wildman–Crippen LogP) is 3.61. The molecular weight excluding hydrogens is 440 g/mol. The monoisotopic (exact) mass is 470 g/mol. The van der Waals surface area contributed by atoms with Crippen LogP contribution in [0.1, 0.15) is 48.4 Å². The Kier molecular flexibility index (Phi) is 8.26. The molecule has 2 aromatic heterocycles. The normalized spacial score (nSPS) is 11.2. The summed E-state index contributed by atoms with van der Waals surface area (Å²) in [6, 6.07) is 6.56. The van der Waals surface area contributed by atoms with Crippen LogP contribution in [0, 0.1) is 5.92 Å². The van der Waals surface area contributed by atoms with Crippen molar-refractivity contribution in [3.63, 3.8) is 0 Å². The van der Waals surface area contributed by atoms with Crippen LogP contribution in [0.15, 0.2) is 35.6 Å². The lowest BCUT2D eigenvalue weighted by Gasteiger charge is -2.12. The van der Waals surface area contributed by atoms with Gasteiger partial charge in [0.15, 0.2) is 10.8 Å². The lowest BCUT2D eigenvalue weighted by atomic mass is 10.1. The van der Waals surface area contributed by atoms with Gasteiger partial charge in [-0.1, -0.05) is 51.6 Å². The van der Waals surface area contributed by atoms with E-state index in [1.807, 2.05) is 0 Å². The number of benzene rings is 1. The second kappa shape index (κ2) is 11.1. The van der Waals surface area contributed by atoms with E-state index in [1.54, 1.807) is 46.9 Å². The Hall–Kier alpha value is -3.14. The molecule has 0 spiro atoms. The molecule has 9 nitrogen and oxygen atoms in total. The topological polar surface area (TPSA) is 111 Å². The van der Waals surface area contributed by atoms with Crippen LogP contribution in [0.25, 0.3) is 11.0 Å². The van der Waals surface area contributed by atoms with Crippen LogP contribution in [-0.4, -0.2) is 57.1 Å². The molecule has 0 saturated carbocycles. The van der Waals surface area contributed by atoms with Gasteiger partial charge in [0, 0.05) is 18.3 Å². The van der Waals surface area contributed by atoms with Crippen LogP contribution in [0.4, 0.5) is 5.82 Å². The molecule has 0 radical (unpaired) electrons. The molecule has 33 heavy (non-hydrogen) atoms. The third kappa shape index (κ3) is 6.22. The van der Waals surface area contributed by atoms with Gasteiger partial charge in [0.25, 0.3) is 5.91 Å². The van der Waals surface area contributed by atoms with Crippen LogP contribution >= 0.6 is 11.8 Å². The zero-order chi connectivity index (χ0) is 24.0. The largest absolute Gasteiger partial charge is 0.465 e. The van der Waals surface area contributed by atoms with Gasteiger partial charge in [-0.3, -0.25) is 4.79 Å². The summed E-state index contributed by atoms with van der Waals surface area (Å²) in [4.78, 5) is 34.0. The van der Waals surface area contributed by atoms with Gasteiger partial charge in [0.1, 0.15) is 5.82 Å². The van der Waals surface area contributed by atoms with Crippen molar-refractivity contribution in [2.75, 3.05) is 25.5 Å². The molecule has 2 heterocycles. The SMILES string of the molecule is COC(=O)c1ccccc1C(=O)NCCn1ncc2c(NCC(C)C)nc(SC(C)C)nc21. The molecule has 10 heteroatoms. The van der Waals surface area contributed by atoms with Gasteiger partial charge < -0.3 is 15.4 Å². The molecule has 0 aliphatic heterocycles. The van der Waals surface area contributed by atoms with Gasteiger partial charge in [-0.25, -0.2) is 19.4 Å². The number of hydrogen-bond acceptors (Lipinski definition) is 8. The van der Waals surface area contributed by atoms with E-state index in [9.17, 15) is 9.59 Å². The number of nitrogens with zero attached hydrogens (tertiary/aromatic N) is 4. The first-order valence-electron chi connectivity index (χ1n) is 10.9. The van der Waals surface area contributed by atoms with Crippen molar-refractivity contribution >= 4 is 40.5 Å². The van der Waals surface area contributed by atoms with Gasteiger partial charge in [0.2, 0.25) is 0 Å².